The lowest BCUT2D eigenvalue weighted by Crippen LogP contribution is -2.17. The molecule has 1 aliphatic rings. The van der Waals surface area contributed by atoms with Gasteiger partial charge < -0.3 is 24.8 Å². The van der Waals surface area contributed by atoms with Crippen molar-refractivity contribution >= 4 is 37.9 Å². The summed E-state index contributed by atoms with van der Waals surface area (Å²) >= 11 is 3.54. The third-order valence-corrected chi connectivity index (χ3v) is 5.56. The first-order valence-electron chi connectivity index (χ1n) is 9.47. The van der Waals surface area contributed by atoms with E-state index in [-0.39, 0.29) is 5.56 Å². The fraction of sp³-hybridized carbons (Fsp3) is 0.238. The highest BCUT2D eigenvalue weighted by Gasteiger charge is 2.20. The van der Waals surface area contributed by atoms with E-state index in [1.165, 1.54) is 0 Å². The summed E-state index contributed by atoms with van der Waals surface area (Å²) in [6, 6.07) is 9.62. The molecule has 0 saturated carbocycles. The molecule has 0 saturated heterocycles. The predicted molar refractivity (Wildman–Crippen MR) is 116 cm³/mol. The molecule has 3 N–H and O–H groups in total. The summed E-state index contributed by atoms with van der Waals surface area (Å²) in [5.74, 6) is 1.21. The van der Waals surface area contributed by atoms with Crippen molar-refractivity contribution in [3.05, 3.63) is 51.4 Å². The van der Waals surface area contributed by atoms with Crippen molar-refractivity contribution in [2.24, 2.45) is 5.73 Å². The van der Waals surface area contributed by atoms with E-state index in [9.17, 15) is 4.79 Å². The van der Waals surface area contributed by atoms with Crippen molar-refractivity contribution in [3.8, 4) is 22.8 Å². The van der Waals surface area contributed by atoms with Gasteiger partial charge in [-0.05, 0) is 43.3 Å². The zero-order chi connectivity index (χ0) is 20.0. The number of aromatic nitrogens is 3. The Morgan fingerprint density at radius 2 is 2.07 bits per heavy atom. The Kier molecular flexibility index (Phi) is 4.52. The number of H-pyrrole nitrogens is 1. The van der Waals surface area contributed by atoms with Gasteiger partial charge in [0.2, 0.25) is 0 Å². The van der Waals surface area contributed by atoms with Crippen LogP contribution in [0.2, 0.25) is 0 Å². The lowest BCUT2D eigenvalue weighted by atomic mass is 10.1. The van der Waals surface area contributed by atoms with Crippen molar-refractivity contribution in [2.45, 2.75) is 13.0 Å². The number of hydrogen-bond donors (Lipinski definition) is 2. The largest absolute Gasteiger partial charge is 0.486 e. The molecule has 0 bridgehead atoms. The number of benzene rings is 2. The molecule has 2 aromatic heterocycles. The van der Waals surface area contributed by atoms with E-state index in [4.69, 9.17) is 20.2 Å². The molecule has 4 aromatic rings. The Morgan fingerprint density at radius 3 is 2.93 bits per heavy atom. The molecule has 2 aromatic carbocycles. The second-order valence-electron chi connectivity index (χ2n) is 6.94. The summed E-state index contributed by atoms with van der Waals surface area (Å²) < 4.78 is 14.5. The molecule has 0 unspecified atom stereocenters. The average molecular weight is 455 g/mol. The van der Waals surface area contributed by atoms with Crippen molar-refractivity contribution in [3.63, 3.8) is 0 Å². The van der Waals surface area contributed by atoms with Crippen LogP contribution in [-0.2, 0) is 6.54 Å². The van der Waals surface area contributed by atoms with Crippen LogP contribution in [0.25, 0.3) is 33.2 Å². The quantitative estimate of drug-likeness (QED) is 0.492. The molecule has 148 valence electrons. The lowest BCUT2D eigenvalue weighted by molar-refractivity contribution is 0.173. The maximum absolute atomic E-state index is 12.9. The number of halogens is 1. The van der Waals surface area contributed by atoms with E-state index in [1.807, 2.05) is 24.4 Å². The van der Waals surface area contributed by atoms with Gasteiger partial charge in [0, 0.05) is 33.7 Å². The Balaban J connectivity index is 1.77. The summed E-state index contributed by atoms with van der Waals surface area (Å²) in [6.07, 6.45) is 2.82. The van der Waals surface area contributed by atoms with Gasteiger partial charge in [0.15, 0.2) is 11.5 Å². The molecule has 0 radical (unpaired) electrons. The Bertz CT molecular complexity index is 1290. The van der Waals surface area contributed by atoms with E-state index >= 15 is 0 Å². The molecule has 7 nitrogen and oxygen atoms in total. The zero-order valence-corrected chi connectivity index (χ0v) is 17.2. The minimum atomic E-state index is -0.243. The fourth-order valence-corrected chi connectivity index (χ4v) is 4.11. The van der Waals surface area contributed by atoms with Crippen molar-refractivity contribution < 1.29 is 9.47 Å². The summed E-state index contributed by atoms with van der Waals surface area (Å²) in [5, 5.41) is 0.954. The van der Waals surface area contributed by atoms with E-state index in [2.05, 4.69) is 25.5 Å². The van der Waals surface area contributed by atoms with Gasteiger partial charge in [0.25, 0.3) is 5.56 Å². The number of nitrogens with zero attached hydrogens (tertiary/aromatic N) is 2. The van der Waals surface area contributed by atoms with Gasteiger partial charge >= 0.3 is 0 Å². The smallest absolute Gasteiger partial charge is 0.275 e. The predicted octanol–water partition coefficient (Wildman–Crippen LogP) is 3.43. The second-order valence-corrected chi connectivity index (χ2v) is 7.86. The molecular formula is C21H19BrN4O3. The monoisotopic (exact) mass is 454 g/mol. The van der Waals surface area contributed by atoms with Crippen LogP contribution in [0.5, 0.6) is 11.5 Å². The first kappa shape index (κ1) is 18.2. The van der Waals surface area contributed by atoms with Crippen LogP contribution in [-0.4, -0.2) is 34.3 Å². The van der Waals surface area contributed by atoms with Crippen LogP contribution in [0.1, 0.15) is 6.42 Å². The normalized spacial score (nSPS) is 13.3. The number of rotatable bonds is 4. The Hall–Kier alpha value is -2.84. The Labute approximate surface area is 174 Å². The van der Waals surface area contributed by atoms with Gasteiger partial charge in [0.05, 0.1) is 5.52 Å². The van der Waals surface area contributed by atoms with Crippen LogP contribution in [0.4, 0.5) is 0 Å². The highest BCUT2D eigenvalue weighted by Crippen LogP contribution is 2.37. The van der Waals surface area contributed by atoms with Crippen LogP contribution >= 0.6 is 15.9 Å². The molecule has 0 spiro atoms. The molecule has 0 amide bonds. The molecule has 5 rings (SSSR count). The molecule has 0 aliphatic carbocycles. The number of aryl methyl sites for hydroxylation is 1. The molecule has 0 atom stereocenters. The van der Waals surface area contributed by atoms with Crippen LogP contribution < -0.4 is 20.8 Å². The van der Waals surface area contributed by atoms with E-state index in [0.29, 0.717) is 48.0 Å². The van der Waals surface area contributed by atoms with Gasteiger partial charge in [0.1, 0.15) is 24.4 Å². The van der Waals surface area contributed by atoms with Crippen molar-refractivity contribution in [1.82, 2.24) is 14.5 Å². The molecule has 8 heteroatoms. The molecule has 0 fully saturated rings. The number of ether oxygens (including phenoxy) is 2. The van der Waals surface area contributed by atoms with E-state index < -0.39 is 0 Å². The summed E-state index contributed by atoms with van der Waals surface area (Å²) in [6.45, 7) is 2.32. The van der Waals surface area contributed by atoms with Gasteiger partial charge in [-0.3, -0.25) is 4.79 Å². The van der Waals surface area contributed by atoms with Gasteiger partial charge in [-0.15, -0.1) is 0 Å². The molecular weight excluding hydrogens is 436 g/mol. The van der Waals surface area contributed by atoms with Gasteiger partial charge in [-0.2, -0.15) is 0 Å². The Morgan fingerprint density at radius 1 is 1.21 bits per heavy atom. The molecule has 29 heavy (non-hydrogen) atoms. The second kappa shape index (κ2) is 7.20. The highest BCUT2D eigenvalue weighted by atomic mass is 79.9. The van der Waals surface area contributed by atoms with Crippen molar-refractivity contribution in [2.75, 3.05) is 19.8 Å². The van der Waals surface area contributed by atoms with E-state index in [0.717, 1.165) is 33.9 Å². The third-order valence-electron chi connectivity index (χ3n) is 5.07. The third kappa shape index (κ3) is 3.08. The van der Waals surface area contributed by atoms with Crippen LogP contribution in [0.15, 0.2) is 45.8 Å². The fourth-order valence-electron chi connectivity index (χ4n) is 3.74. The summed E-state index contributed by atoms with van der Waals surface area (Å²) in [5.41, 5.74) is 8.83. The standard InChI is InChI=1S/C21H19BrN4O3/c22-12-2-4-16-13(10-12)14(11-26(16)7-1-6-23)18-21(27)24-15-3-5-17-20(19(15)25-18)29-9-8-28-17/h2-5,10-11H,1,6-9,23H2,(H,24,27). The summed E-state index contributed by atoms with van der Waals surface area (Å²) in [4.78, 5) is 20.6. The van der Waals surface area contributed by atoms with Gasteiger partial charge in [-0.25, -0.2) is 4.98 Å². The maximum atomic E-state index is 12.9. The zero-order valence-electron chi connectivity index (χ0n) is 15.6. The SMILES string of the molecule is NCCCn1cc(-c2nc3c4c(ccc3[nH]c2=O)OCCO4)c2cc(Br)ccc21. The van der Waals surface area contributed by atoms with E-state index in [1.54, 1.807) is 12.1 Å². The highest BCUT2D eigenvalue weighted by molar-refractivity contribution is 9.10. The minimum absolute atomic E-state index is 0.243. The van der Waals surface area contributed by atoms with Crippen LogP contribution in [0, 0.1) is 0 Å². The molecule has 3 heterocycles. The van der Waals surface area contributed by atoms with Crippen molar-refractivity contribution in [1.29, 1.82) is 0 Å². The minimum Gasteiger partial charge on any atom is -0.486 e. The lowest BCUT2D eigenvalue weighted by Gasteiger charge is -2.19. The molecule has 1 aliphatic heterocycles. The summed E-state index contributed by atoms with van der Waals surface area (Å²) in [7, 11) is 0. The number of nitrogens with one attached hydrogen (secondary N) is 1. The number of fused-ring (bicyclic) bond motifs is 4. The first-order chi connectivity index (χ1) is 14.2. The number of nitrogens with two attached hydrogens (primary N) is 1. The number of hydrogen-bond acceptors (Lipinski definition) is 5. The first-order valence-corrected chi connectivity index (χ1v) is 10.3. The maximum Gasteiger partial charge on any atom is 0.275 e. The van der Waals surface area contributed by atoms with Crippen LogP contribution in [0.3, 0.4) is 0 Å². The van der Waals surface area contributed by atoms with Gasteiger partial charge in [-0.1, -0.05) is 15.9 Å². The number of aromatic amines is 1. The average Bonchev–Trinajstić information content (AvgIpc) is 3.09. The topological polar surface area (TPSA) is 95.2 Å².